The van der Waals surface area contributed by atoms with Crippen molar-refractivity contribution >= 4 is 22.5 Å². The van der Waals surface area contributed by atoms with Crippen LogP contribution in [0.25, 0.3) is 15.6 Å². The predicted molar refractivity (Wildman–Crippen MR) is 127 cm³/mol. The number of carboxylic acid groups (broad SMARTS) is 1. The molecule has 1 aliphatic heterocycles. The summed E-state index contributed by atoms with van der Waals surface area (Å²) in [5, 5.41) is 11.7. The van der Waals surface area contributed by atoms with Crippen molar-refractivity contribution < 1.29 is 19.4 Å². The van der Waals surface area contributed by atoms with Crippen molar-refractivity contribution in [1.29, 1.82) is 0 Å². The summed E-state index contributed by atoms with van der Waals surface area (Å²) in [6.07, 6.45) is 11.1. The number of nitrogens with zero attached hydrogens (tertiary/aromatic N) is 2. The molecule has 6 nitrogen and oxygen atoms in total. The number of ether oxygens (including phenoxy) is 1. The zero-order valence-corrected chi connectivity index (χ0v) is 18.9. The van der Waals surface area contributed by atoms with Crippen LogP contribution in [0.3, 0.4) is 0 Å². The molecule has 34 heavy (non-hydrogen) atoms. The van der Waals surface area contributed by atoms with Gasteiger partial charge in [0.15, 0.2) is 5.78 Å². The Balaban J connectivity index is 1.42. The Labute approximate surface area is 197 Å². The van der Waals surface area contributed by atoms with E-state index in [1.165, 1.54) is 5.56 Å². The second-order valence-corrected chi connectivity index (χ2v) is 10.1. The molecule has 1 saturated carbocycles. The van der Waals surface area contributed by atoms with E-state index in [4.69, 9.17) is 11.3 Å². The summed E-state index contributed by atoms with van der Waals surface area (Å²) in [4.78, 5) is 33.0. The average molecular weight is 454 g/mol. The van der Waals surface area contributed by atoms with Crippen molar-refractivity contribution in [2.75, 3.05) is 0 Å². The number of allylic oxidation sites excluding steroid dienone is 3. The van der Waals surface area contributed by atoms with E-state index in [2.05, 4.69) is 41.0 Å². The number of Topliss-reactive ketones (excluding diaryl/α,β-unsaturated/α-hetero) is 1. The SMILES string of the molecule is C#[N+][C@@]12CC[C@H](c3ccc4ccncc4c3)[C@@]1(C)C=CC1=CC3=C(CC(C(=O)O)CC3=O)O[C@H]12. The zero-order chi connectivity index (χ0) is 23.7. The molecule has 0 spiro atoms. The van der Waals surface area contributed by atoms with Crippen molar-refractivity contribution in [2.45, 2.75) is 50.2 Å². The van der Waals surface area contributed by atoms with Gasteiger partial charge < -0.3 is 9.84 Å². The standard InChI is InChI=1S/C28H24N2O4/c1-27-8-5-18-12-21-23(31)13-19(26(32)33)14-24(21)34-25(18)28(27,29-2)9-6-22(27)17-4-3-16-7-10-30-15-20(16)11-17/h2-5,7-8,10-12,15,19,22,25H,6,9,13-14H2,1H3/p+1/t19?,22-,25-,27-,28-/m1/s1. The van der Waals surface area contributed by atoms with E-state index in [9.17, 15) is 14.7 Å². The van der Waals surface area contributed by atoms with Crippen molar-refractivity contribution in [3.05, 3.63) is 82.2 Å². The Morgan fingerprint density at radius 3 is 2.91 bits per heavy atom. The van der Waals surface area contributed by atoms with Gasteiger partial charge in [0.25, 0.3) is 6.57 Å². The van der Waals surface area contributed by atoms with Gasteiger partial charge in [0, 0.05) is 48.5 Å². The van der Waals surface area contributed by atoms with Gasteiger partial charge in [-0.25, -0.2) is 0 Å². The Kier molecular flexibility index (Phi) is 4.38. The second-order valence-electron chi connectivity index (χ2n) is 10.1. The van der Waals surface area contributed by atoms with E-state index in [1.807, 2.05) is 24.4 Å². The Morgan fingerprint density at radius 2 is 2.12 bits per heavy atom. The van der Waals surface area contributed by atoms with Gasteiger partial charge in [-0.05, 0) is 42.5 Å². The molecule has 1 fully saturated rings. The topological polar surface area (TPSA) is 80.9 Å². The highest BCUT2D eigenvalue weighted by Crippen LogP contribution is 2.63. The number of ketones is 1. The number of rotatable bonds is 2. The lowest BCUT2D eigenvalue weighted by Crippen LogP contribution is -2.54. The summed E-state index contributed by atoms with van der Waals surface area (Å²) >= 11 is 0. The van der Waals surface area contributed by atoms with Crippen LogP contribution in [0.15, 0.2) is 71.8 Å². The zero-order valence-electron chi connectivity index (χ0n) is 18.9. The quantitative estimate of drug-likeness (QED) is 0.690. The number of carboxylic acids is 1. The van der Waals surface area contributed by atoms with Crippen LogP contribution in [-0.4, -0.2) is 33.5 Å². The smallest absolute Gasteiger partial charge is 0.329 e. The molecule has 1 N–H and O–H groups in total. The molecule has 2 aromatic rings. The van der Waals surface area contributed by atoms with Crippen LogP contribution in [-0.2, 0) is 14.3 Å². The largest absolute Gasteiger partial charge is 0.481 e. The molecule has 0 radical (unpaired) electrons. The van der Waals surface area contributed by atoms with Gasteiger partial charge in [-0.3, -0.25) is 14.6 Å². The lowest BCUT2D eigenvalue weighted by Gasteiger charge is -2.43. The molecular formula is C28H25N2O4+. The molecule has 6 heteroatoms. The number of carbonyl (C=O) groups excluding carboxylic acids is 1. The number of aliphatic carboxylic acids is 1. The highest BCUT2D eigenvalue weighted by molar-refractivity contribution is 6.02. The second kappa shape index (κ2) is 7.14. The predicted octanol–water partition coefficient (Wildman–Crippen LogP) is 5.03. The normalized spacial score (nSPS) is 33.9. The number of hydrogen-bond donors (Lipinski definition) is 1. The minimum absolute atomic E-state index is 0.00129. The first-order chi connectivity index (χ1) is 16.4. The highest BCUT2D eigenvalue weighted by atomic mass is 16.5. The minimum Gasteiger partial charge on any atom is -0.481 e. The molecule has 170 valence electrons. The third-order valence-corrected chi connectivity index (χ3v) is 8.51. The van der Waals surface area contributed by atoms with Crippen LogP contribution in [0.1, 0.15) is 44.1 Å². The Bertz CT molecular complexity index is 1400. The summed E-state index contributed by atoms with van der Waals surface area (Å²) < 4.78 is 6.47. The molecule has 6 rings (SSSR count). The number of fused-ring (bicyclic) bond motifs is 4. The van der Waals surface area contributed by atoms with E-state index in [1.54, 1.807) is 6.20 Å². The van der Waals surface area contributed by atoms with Gasteiger partial charge in [-0.15, -0.1) is 0 Å². The number of hydrogen-bond acceptors (Lipinski definition) is 4. The third kappa shape index (κ3) is 2.70. The first-order valence-electron chi connectivity index (χ1n) is 11.7. The summed E-state index contributed by atoms with van der Waals surface area (Å²) in [6, 6.07) is 8.50. The summed E-state index contributed by atoms with van der Waals surface area (Å²) in [7, 11) is 0. The van der Waals surface area contributed by atoms with Crippen LogP contribution >= 0.6 is 0 Å². The lowest BCUT2D eigenvalue weighted by atomic mass is 9.60. The molecule has 0 saturated heterocycles. The molecule has 2 heterocycles. The fourth-order valence-electron chi connectivity index (χ4n) is 6.59. The van der Waals surface area contributed by atoms with Crippen molar-refractivity contribution in [2.24, 2.45) is 11.3 Å². The van der Waals surface area contributed by atoms with Crippen molar-refractivity contribution in [3.63, 3.8) is 0 Å². The molecule has 1 aromatic heterocycles. The first kappa shape index (κ1) is 20.9. The summed E-state index contributed by atoms with van der Waals surface area (Å²) in [5.74, 6) is -1.30. The van der Waals surface area contributed by atoms with Crippen molar-refractivity contribution in [1.82, 2.24) is 4.98 Å². The molecule has 0 bridgehead atoms. The average Bonchev–Trinajstić information content (AvgIpc) is 3.16. The van der Waals surface area contributed by atoms with Gasteiger partial charge in [0.1, 0.15) is 5.76 Å². The fourth-order valence-corrected chi connectivity index (χ4v) is 6.59. The van der Waals surface area contributed by atoms with E-state index < -0.39 is 28.9 Å². The monoisotopic (exact) mass is 453 g/mol. The maximum Gasteiger partial charge on any atom is 0.329 e. The Hall–Kier alpha value is -3.72. The summed E-state index contributed by atoms with van der Waals surface area (Å²) in [5.41, 5.74) is 1.43. The molecule has 3 aliphatic carbocycles. The van der Waals surface area contributed by atoms with Gasteiger partial charge in [0.05, 0.1) is 16.9 Å². The van der Waals surface area contributed by atoms with Gasteiger partial charge in [-0.1, -0.05) is 29.1 Å². The Morgan fingerprint density at radius 1 is 1.26 bits per heavy atom. The minimum atomic E-state index is -0.975. The highest BCUT2D eigenvalue weighted by Gasteiger charge is 2.72. The van der Waals surface area contributed by atoms with Crippen LogP contribution in [0.5, 0.6) is 0 Å². The van der Waals surface area contributed by atoms with E-state index in [0.29, 0.717) is 11.3 Å². The molecule has 0 amide bonds. The first-order valence-corrected chi connectivity index (χ1v) is 11.7. The molecule has 1 aromatic carbocycles. The summed E-state index contributed by atoms with van der Waals surface area (Å²) in [6.45, 7) is 8.35. The van der Waals surface area contributed by atoms with Gasteiger partial charge in [0.2, 0.25) is 6.10 Å². The van der Waals surface area contributed by atoms with Gasteiger partial charge >= 0.3 is 11.5 Å². The van der Waals surface area contributed by atoms with Crippen LogP contribution in [0, 0.1) is 17.9 Å². The lowest BCUT2D eigenvalue weighted by molar-refractivity contribution is -0.144. The van der Waals surface area contributed by atoms with E-state index in [0.717, 1.165) is 29.2 Å². The van der Waals surface area contributed by atoms with Crippen molar-refractivity contribution in [3.8, 4) is 6.57 Å². The number of carbonyl (C=O) groups is 2. The fraction of sp³-hybridized carbons (Fsp3) is 0.357. The van der Waals surface area contributed by atoms with Crippen LogP contribution < -0.4 is 0 Å². The maximum absolute atomic E-state index is 12.7. The third-order valence-electron chi connectivity index (χ3n) is 8.51. The molecule has 4 aliphatic rings. The van der Waals surface area contributed by atoms with Gasteiger partial charge in [-0.2, -0.15) is 0 Å². The molecule has 1 unspecified atom stereocenters. The van der Waals surface area contributed by atoms with E-state index in [-0.39, 0.29) is 24.5 Å². The molecule has 5 atom stereocenters. The molecular weight excluding hydrogens is 428 g/mol. The maximum atomic E-state index is 12.7. The van der Waals surface area contributed by atoms with Crippen LogP contribution in [0.4, 0.5) is 0 Å². The number of benzene rings is 1. The van der Waals surface area contributed by atoms with E-state index >= 15 is 0 Å². The van der Waals surface area contributed by atoms with Crippen LogP contribution in [0.2, 0.25) is 0 Å². The number of aromatic nitrogens is 1. The number of pyridine rings is 1.